The molecule has 0 radical (unpaired) electrons. The third kappa shape index (κ3) is 6.16. The Labute approximate surface area is 152 Å². The summed E-state index contributed by atoms with van der Waals surface area (Å²) >= 11 is 0. The van der Waals surface area contributed by atoms with Crippen LogP contribution in [0.25, 0.3) is 11.3 Å². The van der Waals surface area contributed by atoms with Crippen LogP contribution < -0.4 is 5.43 Å². The van der Waals surface area contributed by atoms with Crippen LogP contribution in [0, 0.1) is 10.1 Å². The largest absolute Gasteiger partial charge is 0.455 e. The van der Waals surface area contributed by atoms with Gasteiger partial charge in [-0.1, -0.05) is 32.6 Å². The second kappa shape index (κ2) is 10.1. The van der Waals surface area contributed by atoms with Crippen LogP contribution in [-0.4, -0.2) is 17.0 Å². The van der Waals surface area contributed by atoms with E-state index in [2.05, 4.69) is 17.5 Å². The number of hydrogen-bond acceptors (Lipinski definition) is 5. The summed E-state index contributed by atoms with van der Waals surface area (Å²) < 4.78 is 5.61. The molecule has 0 aliphatic heterocycles. The number of furan rings is 1. The lowest BCUT2D eigenvalue weighted by Crippen LogP contribution is -2.16. The number of nitro groups is 1. The molecule has 1 heterocycles. The number of non-ortho nitro benzene ring substituents is 1. The van der Waals surface area contributed by atoms with Crippen molar-refractivity contribution in [3.05, 3.63) is 52.3 Å². The van der Waals surface area contributed by atoms with Gasteiger partial charge in [0.05, 0.1) is 11.1 Å². The highest BCUT2D eigenvalue weighted by Gasteiger charge is 2.08. The van der Waals surface area contributed by atoms with Crippen molar-refractivity contribution in [1.29, 1.82) is 0 Å². The van der Waals surface area contributed by atoms with Gasteiger partial charge in [0.25, 0.3) is 5.69 Å². The second-order valence-corrected chi connectivity index (χ2v) is 5.96. The molecule has 0 fully saturated rings. The normalized spacial score (nSPS) is 11.0. The van der Waals surface area contributed by atoms with E-state index in [1.54, 1.807) is 24.3 Å². The topological polar surface area (TPSA) is 97.7 Å². The van der Waals surface area contributed by atoms with E-state index in [1.807, 2.05) is 0 Å². The van der Waals surface area contributed by atoms with Crippen LogP contribution in [0.2, 0.25) is 0 Å². The van der Waals surface area contributed by atoms with Gasteiger partial charge in [0, 0.05) is 24.1 Å². The Morgan fingerprint density at radius 1 is 1.15 bits per heavy atom. The summed E-state index contributed by atoms with van der Waals surface area (Å²) in [5, 5.41) is 14.6. The highest BCUT2D eigenvalue weighted by atomic mass is 16.6. The van der Waals surface area contributed by atoms with E-state index in [0.717, 1.165) is 24.8 Å². The van der Waals surface area contributed by atoms with E-state index in [1.165, 1.54) is 31.2 Å². The van der Waals surface area contributed by atoms with E-state index in [0.29, 0.717) is 17.9 Å². The zero-order chi connectivity index (χ0) is 18.8. The van der Waals surface area contributed by atoms with Crippen molar-refractivity contribution in [3.8, 4) is 11.3 Å². The van der Waals surface area contributed by atoms with Crippen molar-refractivity contribution >= 4 is 17.8 Å². The maximum atomic E-state index is 11.7. The molecule has 1 amide bonds. The maximum absolute atomic E-state index is 11.7. The first-order valence-electron chi connectivity index (χ1n) is 8.76. The quantitative estimate of drug-likeness (QED) is 0.289. The molecule has 26 heavy (non-hydrogen) atoms. The number of carbonyl (C=O) groups excluding carboxylic acids is 1. The lowest BCUT2D eigenvalue weighted by molar-refractivity contribution is -0.384. The van der Waals surface area contributed by atoms with Crippen molar-refractivity contribution in [2.45, 2.75) is 45.4 Å². The van der Waals surface area contributed by atoms with E-state index in [4.69, 9.17) is 4.42 Å². The molecule has 138 valence electrons. The monoisotopic (exact) mass is 357 g/mol. The second-order valence-electron chi connectivity index (χ2n) is 5.96. The van der Waals surface area contributed by atoms with Crippen LogP contribution in [0.4, 0.5) is 5.69 Å². The summed E-state index contributed by atoms with van der Waals surface area (Å²) in [4.78, 5) is 21.9. The SMILES string of the molecule is CCCCCCCC(=O)N/N=C\c1ccc(-c2ccc([N+](=O)[O-])cc2)o1. The Balaban J connectivity index is 1.81. The van der Waals surface area contributed by atoms with Gasteiger partial charge in [-0.15, -0.1) is 0 Å². The molecule has 0 saturated carbocycles. The number of unbranched alkanes of at least 4 members (excludes halogenated alkanes) is 4. The Bertz CT molecular complexity index is 750. The van der Waals surface area contributed by atoms with Crippen molar-refractivity contribution in [2.24, 2.45) is 5.10 Å². The van der Waals surface area contributed by atoms with Crippen LogP contribution in [0.5, 0.6) is 0 Å². The summed E-state index contributed by atoms with van der Waals surface area (Å²) in [5.41, 5.74) is 3.24. The minimum absolute atomic E-state index is 0.0273. The van der Waals surface area contributed by atoms with E-state index >= 15 is 0 Å². The van der Waals surface area contributed by atoms with Gasteiger partial charge in [-0.05, 0) is 30.7 Å². The van der Waals surface area contributed by atoms with Crippen LogP contribution in [0.3, 0.4) is 0 Å². The first kappa shape index (κ1) is 19.4. The fourth-order valence-electron chi connectivity index (χ4n) is 2.44. The summed E-state index contributed by atoms with van der Waals surface area (Å²) in [6, 6.07) is 9.56. The third-order valence-electron chi connectivity index (χ3n) is 3.88. The summed E-state index contributed by atoms with van der Waals surface area (Å²) in [6.07, 6.45) is 7.37. The number of nitrogens with zero attached hydrogens (tertiary/aromatic N) is 2. The molecular formula is C19H23N3O4. The van der Waals surface area contributed by atoms with Gasteiger partial charge in [0.15, 0.2) is 0 Å². The Kier molecular flexibility index (Phi) is 7.54. The molecule has 0 bridgehead atoms. The van der Waals surface area contributed by atoms with Crippen molar-refractivity contribution < 1.29 is 14.1 Å². The van der Waals surface area contributed by atoms with Crippen molar-refractivity contribution in [2.75, 3.05) is 0 Å². The number of hydrogen-bond donors (Lipinski definition) is 1. The number of rotatable bonds is 10. The summed E-state index contributed by atoms with van der Waals surface area (Å²) in [6.45, 7) is 2.16. The van der Waals surface area contributed by atoms with Crippen LogP contribution in [0.1, 0.15) is 51.2 Å². The number of hydrazone groups is 1. The van der Waals surface area contributed by atoms with Crippen LogP contribution in [0.15, 0.2) is 45.9 Å². The number of carbonyl (C=O) groups is 1. The number of nitro benzene ring substituents is 1. The molecule has 0 saturated heterocycles. The molecule has 0 spiro atoms. The van der Waals surface area contributed by atoms with E-state index < -0.39 is 4.92 Å². The van der Waals surface area contributed by atoms with Gasteiger partial charge in [-0.2, -0.15) is 5.10 Å². The minimum atomic E-state index is -0.448. The predicted octanol–water partition coefficient (Wildman–Crippen LogP) is 4.67. The molecule has 0 atom stereocenters. The third-order valence-corrected chi connectivity index (χ3v) is 3.88. The van der Waals surface area contributed by atoms with Crippen molar-refractivity contribution in [3.63, 3.8) is 0 Å². The molecular weight excluding hydrogens is 334 g/mol. The predicted molar refractivity (Wildman–Crippen MR) is 99.9 cm³/mol. The molecule has 7 heteroatoms. The molecule has 1 aromatic heterocycles. The van der Waals surface area contributed by atoms with Gasteiger partial charge < -0.3 is 4.42 Å². The zero-order valence-electron chi connectivity index (χ0n) is 14.8. The molecule has 0 aliphatic carbocycles. The average Bonchev–Trinajstić information content (AvgIpc) is 3.10. The van der Waals surface area contributed by atoms with Crippen LogP contribution in [-0.2, 0) is 4.79 Å². The Morgan fingerprint density at radius 2 is 1.88 bits per heavy atom. The molecule has 2 aromatic rings. The first-order valence-corrected chi connectivity index (χ1v) is 8.76. The highest BCUT2D eigenvalue weighted by Crippen LogP contribution is 2.23. The van der Waals surface area contributed by atoms with Gasteiger partial charge in [0.2, 0.25) is 5.91 Å². The number of benzene rings is 1. The molecule has 7 nitrogen and oxygen atoms in total. The van der Waals surface area contributed by atoms with Crippen molar-refractivity contribution in [1.82, 2.24) is 5.43 Å². The molecule has 0 aliphatic rings. The minimum Gasteiger partial charge on any atom is -0.455 e. The van der Waals surface area contributed by atoms with Crippen LogP contribution >= 0.6 is 0 Å². The molecule has 0 unspecified atom stereocenters. The lowest BCUT2D eigenvalue weighted by atomic mass is 10.1. The maximum Gasteiger partial charge on any atom is 0.269 e. The van der Waals surface area contributed by atoms with E-state index in [-0.39, 0.29) is 11.6 Å². The van der Waals surface area contributed by atoms with Gasteiger partial charge >= 0.3 is 0 Å². The Hall–Kier alpha value is -2.96. The van der Waals surface area contributed by atoms with E-state index in [9.17, 15) is 14.9 Å². The molecule has 1 N–H and O–H groups in total. The molecule has 2 rings (SSSR count). The van der Waals surface area contributed by atoms with Gasteiger partial charge in [0.1, 0.15) is 11.5 Å². The zero-order valence-corrected chi connectivity index (χ0v) is 14.8. The molecule has 1 aromatic carbocycles. The Morgan fingerprint density at radius 3 is 2.58 bits per heavy atom. The fourth-order valence-corrected chi connectivity index (χ4v) is 2.44. The highest BCUT2D eigenvalue weighted by molar-refractivity contribution is 5.81. The average molecular weight is 357 g/mol. The fraction of sp³-hybridized carbons (Fsp3) is 0.368. The van der Waals surface area contributed by atoms with Gasteiger partial charge in [-0.3, -0.25) is 14.9 Å². The van der Waals surface area contributed by atoms with Gasteiger partial charge in [-0.25, -0.2) is 5.43 Å². The summed E-state index contributed by atoms with van der Waals surface area (Å²) in [5.74, 6) is 0.949. The smallest absolute Gasteiger partial charge is 0.269 e. The standard InChI is InChI=1S/C19H23N3O4/c1-2-3-4-5-6-7-19(23)21-20-14-17-12-13-18(26-17)15-8-10-16(11-9-15)22(24)25/h8-14H,2-7H2,1H3,(H,21,23)/b20-14-. The number of amides is 1. The number of nitrogens with one attached hydrogen (secondary N) is 1. The first-order chi connectivity index (χ1) is 12.6. The summed E-state index contributed by atoms with van der Waals surface area (Å²) in [7, 11) is 0. The lowest BCUT2D eigenvalue weighted by Gasteiger charge is -1.99.